The van der Waals surface area contributed by atoms with E-state index >= 15 is 0 Å². The number of nitrogens with one attached hydrogen (secondary N) is 1. The first kappa shape index (κ1) is 8.11. The molecule has 2 aromatic heterocycles. The number of rotatable bonds is 1. The Hall–Kier alpha value is -1.50. The molecule has 0 bridgehead atoms. The van der Waals surface area contributed by atoms with Gasteiger partial charge in [-0.3, -0.25) is 10.1 Å². The molecule has 0 fully saturated rings. The summed E-state index contributed by atoms with van der Waals surface area (Å²) in [6, 6.07) is 0. The van der Waals surface area contributed by atoms with Crippen molar-refractivity contribution in [3.8, 4) is 0 Å². The van der Waals surface area contributed by atoms with Crippen molar-refractivity contribution in [2.75, 3.05) is 0 Å². The molecule has 7 heteroatoms. The van der Waals surface area contributed by atoms with Gasteiger partial charge in [-0.25, -0.2) is 9.97 Å². The standard InChI is InChI=1S/C6H3BrN4O2/c7-5-4-3(11(12)13)1-8-6(4)10-2-9-5/h1-2H,(H,8,9,10). The van der Waals surface area contributed by atoms with Crippen LogP contribution >= 0.6 is 15.9 Å². The molecule has 2 heterocycles. The molecular formula is C6H3BrN4O2. The lowest BCUT2D eigenvalue weighted by Gasteiger charge is -1.90. The molecule has 6 nitrogen and oxygen atoms in total. The molecule has 66 valence electrons. The second kappa shape index (κ2) is 2.77. The third-order valence-electron chi connectivity index (χ3n) is 1.60. The van der Waals surface area contributed by atoms with Gasteiger partial charge < -0.3 is 4.98 Å². The van der Waals surface area contributed by atoms with Crippen LogP contribution in [0.2, 0.25) is 0 Å². The van der Waals surface area contributed by atoms with E-state index in [1.165, 1.54) is 12.5 Å². The SMILES string of the molecule is O=[N+]([O-])c1c[nH]c2ncnc(Br)c12. The monoisotopic (exact) mass is 242 g/mol. The van der Waals surface area contributed by atoms with Crippen molar-refractivity contribution >= 4 is 32.7 Å². The highest BCUT2D eigenvalue weighted by Gasteiger charge is 2.17. The highest BCUT2D eigenvalue weighted by atomic mass is 79.9. The van der Waals surface area contributed by atoms with Gasteiger partial charge in [-0.1, -0.05) is 0 Å². The van der Waals surface area contributed by atoms with Crippen molar-refractivity contribution in [2.24, 2.45) is 0 Å². The van der Waals surface area contributed by atoms with Gasteiger partial charge in [0.1, 0.15) is 22.0 Å². The Kier molecular flexibility index (Phi) is 1.73. The average molecular weight is 243 g/mol. The Balaban J connectivity index is 2.86. The Morgan fingerprint density at radius 3 is 3.00 bits per heavy atom. The van der Waals surface area contributed by atoms with E-state index < -0.39 is 4.92 Å². The second-order valence-corrected chi connectivity index (χ2v) is 3.07. The summed E-state index contributed by atoms with van der Waals surface area (Å²) >= 11 is 3.12. The number of hydrogen-bond acceptors (Lipinski definition) is 4. The summed E-state index contributed by atoms with van der Waals surface area (Å²) in [5.74, 6) is 0. The van der Waals surface area contributed by atoms with Crippen LogP contribution in [0.15, 0.2) is 17.1 Å². The fourth-order valence-electron chi connectivity index (χ4n) is 1.05. The molecule has 0 saturated heterocycles. The molecular weight excluding hydrogens is 240 g/mol. The van der Waals surface area contributed by atoms with Crippen LogP contribution < -0.4 is 0 Å². The first-order valence-electron chi connectivity index (χ1n) is 3.32. The first-order chi connectivity index (χ1) is 6.20. The van der Waals surface area contributed by atoms with Crippen molar-refractivity contribution in [3.63, 3.8) is 0 Å². The molecule has 0 atom stereocenters. The molecule has 0 aliphatic carbocycles. The summed E-state index contributed by atoms with van der Waals surface area (Å²) in [5.41, 5.74) is 0.427. The second-order valence-electron chi connectivity index (χ2n) is 2.32. The van der Waals surface area contributed by atoms with Gasteiger partial charge in [-0.05, 0) is 15.9 Å². The summed E-state index contributed by atoms with van der Waals surface area (Å²) in [4.78, 5) is 20.4. The number of fused-ring (bicyclic) bond motifs is 1. The minimum atomic E-state index is -0.479. The van der Waals surface area contributed by atoms with Gasteiger partial charge >= 0.3 is 0 Å². The number of nitrogens with zero attached hydrogens (tertiary/aromatic N) is 3. The smallest absolute Gasteiger partial charge is 0.298 e. The molecule has 0 unspecified atom stereocenters. The third kappa shape index (κ3) is 1.17. The van der Waals surface area contributed by atoms with Gasteiger partial charge in [-0.15, -0.1) is 0 Å². The molecule has 13 heavy (non-hydrogen) atoms. The number of H-pyrrole nitrogens is 1. The van der Waals surface area contributed by atoms with E-state index in [1.54, 1.807) is 0 Å². The van der Waals surface area contributed by atoms with Crippen LogP contribution in [-0.4, -0.2) is 19.9 Å². The van der Waals surface area contributed by atoms with Crippen LogP contribution in [0.5, 0.6) is 0 Å². The lowest BCUT2D eigenvalue weighted by Crippen LogP contribution is -1.87. The molecule has 0 spiro atoms. The predicted octanol–water partition coefficient (Wildman–Crippen LogP) is 1.63. The minimum absolute atomic E-state index is 0.0255. The highest BCUT2D eigenvalue weighted by Crippen LogP contribution is 2.28. The van der Waals surface area contributed by atoms with Crippen LogP contribution in [0.25, 0.3) is 11.0 Å². The first-order valence-corrected chi connectivity index (χ1v) is 4.11. The van der Waals surface area contributed by atoms with Crippen molar-refractivity contribution < 1.29 is 4.92 Å². The number of aromatic nitrogens is 3. The zero-order valence-electron chi connectivity index (χ0n) is 6.19. The van der Waals surface area contributed by atoms with Crippen molar-refractivity contribution in [1.82, 2.24) is 15.0 Å². The van der Waals surface area contributed by atoms with Crippen LogP contribution in [-0.2, 0) is 0 Å². The Morgan fingerprint density at radius 1 is 1.54 bits per heavy atom. The predicted molar refractivity (Wildman–Crippen MR) is 48.2 cm³/mol. The van der Waals surface area contributed by atoms with E-state index in [0.717, 1.165) is 0 Å². The lowest BCUT2D eigenvalue weighted by atomic mass is 10.4. The number of hydrogen-bond donors (Lipinski definition) is 1. The van der Waals surface area contributed by atoms with E-state index in [4.69, 9.17) is 0 Å². The molecule has 0 amide bonds. The van der Waals surface area contributed by atoms with E-state index in [9.17, 15) is 10.1 Å². The molecule has 0 aliphatic heterocycles. The zero-order chi connectivity index (χ0) is 9.42. The lowest BCUT2D eigenvalue weighted by molar-refractivity contribution is -0.383. The molecule has 0 radical (unpaired) electrons. The van der Waals surface area contributed by atoms with E-state index in [2.05, 4.69) is 30.9 Å². The van der Waals surface area contributed by atoms with Gasteiger partial charge in [0.15, 0.2) is 0 Å². The van der Waals surface area contributed by atoms with Gasteiger partial charge in [0, 0.05) is 0 Å². The van der Waals surface area contributed by atoms with Crippen LogP contribution in [0.4, 0.5) is 5.69 Å². The molecule has 2 aromatic rings. The van der Waals surface area contributed by atoms with E-state index in [1.807, 2.05) is 0 Å². The highest BCUT2D eigenvalue weighted by molar-refractivity contribution is 9.10. The minimum Gasteiger partial charge on any atom is -0.340 e. The molecule has 0 aliphatic rings. The van der Waals surface area contributed by atoms with Crippen LogP contribution in [0, 0.1) is 10.1 Å². The molecule has 1 N–H and O–H groups in total. The van der Waals surface area contributed by atoms with Crippen LogP contribution in [0.1, 0.15) is 0 Å². The average Bonchev–Trinajstić information content (AvgIpc) is 2.49. The summed E-state index contributed by atoms with van der Waals surface area (Å²) in [5, 5.41) is 10.9. The van der Waals surface area contributed by atoms with E-state index in [0.29, 0.717) is 15.6 Å². The maximum absolute atomic E-state index is 10.5. The normalized spacial score (nSPS) is 10.5. The number of halogens is 1. The van der Waals surface area contributed by atoms with Gasteiger partial charge in [0.25, 0.3) is 5.69 Å². The zero-order valence-corrected chi connectivity index (χ0v) is 7.78. The topological polar surface area (TPSA) is 84.7 Å². The quantitative estimate of drug-likeness (QED) is 0.468. The van der Waals surface area contributed by atoms with E-state index in [-0.39, 0.29) is 5.69 Å². The summed E-state index contributed by atoms with van der Waals surface area (Å²) < 4.78 is 0.422. The molecule has 2 rings (SSSR count). The Bertz CT molecular complexity index is 480. The Morgan fingerprint density at radius 2 is 2.31 bits per heavy atom. The van der Waals surface area contributed by atoms with Crippen molar-refractivity contribution in [3.05, 3.63) is 27.2 Å². The molecule has 0 saturated carbocycles. The third-order valence-corrected chi connectivity index (χ3v) is 2.20. The summed E-state index contributed by atoms with van der Waals surface area (Å²) in [7, 11) is 0. The largest absolute Gasteiger partial charge is 0.340 e. The summed E-state index contributed by atoms with van der Waals surface area (Å²) in [6.45, 7) is 0. The maximum atomic E-state index is 10.5. The molecule has 0 aromatic carbocycles. The fraction of sp³-hybridized carbons (Fsp3) is 0. The number of nitro groups is 1. The van der Waals surface area contributed by atoms with Crippen LogP contribution in [0.3, 0.4) is 0 Å². The van der Waals surface area contributed by atoms with Crippen molar-refractivity contribution in [1.29, 1.82) is 0 Å². The fourth-order valence-corrected chi connectivity index (χ4v) is 1.54. The maximum Gasteiger partial charge on any atom is 0.298 e. The summed E-state index contributed by atoms with van der Waals surface area (Å²) in [6.07, 6.45) is 2.62. The number of aromatic amines is 1. The van der Waals surface area contributed by atoms with Gasteiger partial charge in [0.2, 0.25) is 0 Å². The Labute approximate surface area is 80.3 Å². The van der Waals surface area contributed by atoms with Gasteiger partial charge in [-0.2, -0.15) is 0 Å². The van der Waals surface area contributed by atoms with Gasteiger partial charge in [0.05, 0.1) is 11.1 Å². The van der Waals surface area contributed by atoms with Crippen molar-refractivity contribution in [2.45, 2.75) is 0 Å².